The smallest absolute Gasteiger partial charge is 0.173 e. The van der Waals surface area contributed by atoms with Gasteiger partial charge in [-0.2, -0.15) is 5.10 Å². The van der Waals surface area contributed by atoms with E-state index in [-0.39, 0.29) is 0 Å². The van der Waals surface area contributed by atoms with E-state index in [2.05, 4.69) is 29.5 Å². The number of nitrogens with one attached hydrogen (secondary N) is 1. The Morgan fingerprint density at radius 2 is 2.00 bits per heavy atom. The van der Waals surface area contributed by atoms with Gasteiger partial charge in [-0.1, -0.05) is 30.7 Å². The molecule has 2 rings (SSSR count). The molecular formula is C16H21ClN4S. The van der Waals surface area contributed by atoms with Gasteiger partial charge in [-0.15, -0.1) is 0 Å². The van der Waals surface area contributed by atoms with E-state index in [1.807, 2.05) is 35.7 Å². The van der Waals surface area contributed by atoms with Crippen molar-refractivity contribution in [3.8, 4) is 0 Å². The van der Waals surface area contributed by atoms with Crippen LogP contribution in [0, 0.1) is 0 Å². The number of thiocarbonyl (C=S) groups is 1. The maximum Gasteiger partial charge on any atom is 0.173 e. The molecule has 1 heterocycles. The SMILES string of the molecule is CCc1ccc(NC(=S)N(C)Cc2c(Cl)cnn2CC)cc1. The lowest BCUT2D eigenvalue weighted by atomic mass is 10.1. The molecule has 1 aromatic heterocycles. The van der Waals surface area contributed by atoms with Gasteiger partial charge in [0.15, 0.2) is 5.11 Å². The van der Waals surface area contributed by atoms with Gasteiger partial charge in [-0.3, -0.25) is 4.68 Å². The van der Waals surface area contributed by atoms with Crippen molar-refractivity contribution in [3.63, 3.8) is 0 Å². The van der Waals surface area contributed by atoms with Gasteiger partial charge in [-0.25, -0.2) is 0 Å². The minimum atomic E-state index is 0.617. The van der Waals surface area contributed by atoms with E-state index in [0.29, 0.717) is 16.7 Å². The molecule has 0 bridgehead atoms. The Labute approximate surface area is 142 Å². The van der Waals surface area contributed by atoms with E-state index < -0.39 is 0 Å². The average Bonchev–Trinajstić information content (AvgIpc) is 2.88. The zero-order valence-electron chi connectivity index (χ0n) is 13.1. The van der Waals surface area contributed by atoms with E-state index in [1.54, 1.807) is 6.20 Å². The fraction of sp³-hybridized carbons (Fsp3) is 0.375. The summed E-state index contributed by atoms with van der Waals surface area (Å²) in [6.07, 6.45) is 2.71. The molecule has 118 valence electrons. The fourth-order valence-electron chi connectivity index (χ4n) is 2.16. The van der Waals surface area contributed by atoms with Crippen molar-refractivity contribution in [2.45, 2.75) is 33.4 Å². The van der Waals surface area contributed by atoms with Crippen molar-refractivity contribution in [3.05, 3.63) is 46.7 Å². The average molecular weight is 337 g/mol. The fourth-order valence-corrected chi connectivity index (χ4v) is 2.54. The van der Waals surface area contributed by atoms with Crippen LogP contribution in [0.4, 0.5) is 5.69 Å². The molecule has 0 aliphatic rings. The summed E-state index contributed by atoms with van der Waals surface area (Å²) in [5.74, 6) is 0. The lowest BCUT2D eigenvalue weighted by molar-refractivity contribution is 0.471. The van der Waals surface area contributed by atoms with Crippen molar-refractivity contribution in [1.29, 1.82) is 0 Å². The third kappa shape index (κ3) is 3.99. The molecule has 0 unspecified atom stereocenters. The number of benzene rings is 1. The Bertz CT molecular complexity index is 636. The quantitative estimate of drug-likeness (QED) is 0.838. The second-order valence-electron chi connectivity index (χ2n) is 5.09. The molecule has 0 aliphatic heterocycles. The molecule has 0 fully saturated rings. The maximum atomic E-state index is 6.19. The van der Waals surface area contributed by atoms with Gasteiger partial charge in [0.05, 0.1) is 23.5 Å². The molecule has 0 spiro atoms. The van der Waals surface area contributed by atoms with Gasteiger partial charge in [0, 0.05) is 19.3 Å². The minimum absolute atomic E-state index is 0.617. The van der Waals surface area contributed by atoms with Crippen molar-refractivity contribution >= 4 is 34.6 Å². The lowest BCUT2D eigenvalue weighted by Gasteiger charge is -2.21. The van der Waals surface area contributed by atoms with Gasteiger partial charge in [0.1, 0.15) is 0 Å². The van der Waals surface area contributed by atoms with Gasteiger partial charge < -0.3 is 10.2 Å². The van der Waals surface area contributed by atoms with Crippen LogP contribution >= 0.6 is 23.8 Å². The van der Waals surface area contributed by atoms with Crippen LogP contribution in [0.2, 0.25) is 5.02 Å². The zero-order valence-corrected chi connectivity index (χ0v) is 14.7. The largest absolute Gasteiger partial charge is 0.346 e. The highest BCUT2D eigenvalue weighted by Crippen LogP contribution is 2.17. The molecular weight excluding hydrogens is 316 g/mol. The number of aromatic nitrogens is 2. The van der Waals surface area contributed by atoms with Crippen LogP contribution in [0.25, 0.3) is 0 Å². The third-order valence-corrected chi connectivity index (χ3v) is 4.27. The normalized spacial score (nSPS) is 10.5. The van der Waals surface area contributed by atoms with Crippen LogP contribution in [-0.2, 0) is 19.5 Å². The van der Waals surface area contributed by atoms with E-state index >= 15 is 0 Å². The van der Waals surface area contributed by atoms with Crippen LogP contribution in [0.15, 0.2) is 30.5 Å². The van der Waals surface area contributed by atoms with Gasteiger partial charge in [-0.05, 0) is 43.3 Å². The minimum Gasteiger partial charge on any atom is -0.346 e. The first-order valence-electron chi connectivity index (χ1n) is 7.36. The summed E-state index contributed by atoms with van der Waals surface area (Å²) in [5, 5.41) is 8.82. The number of anilines is 1. The Hall–Kier alpha value is -1.59. The van der Waals surface area contributed by atoms with Crippen molar-refractivity contribution in [1.82, 2.24) is 14.7 Å². The first kappa shape index (κ1) is 16.8. The van der Waals surface area contributed by atoms with Crippen LogP contribution in [0.3, 0.4) is 0 Å². The Kier molecular flexibility index (Phi) is 5.80. The summed E-state index contributed by atoms with van der Waals surface area (Å²) in [4.78, 5) is 1.96. The van der Waals surface area contributed by atoms with E-state index in [0.717, 1.165) is 24.3 Å². The highest BCUT2D eigenvalue weighted by atomic mass is 35.5. The molecule has 0 saturated carbocycles. The van der Waals surface area contributed by atoms with E-state index in [1.165, 1.54) is 5.56 Å². The zero-order chi connectivity index (χ0) is 16.1. The summed E-state index contributed by atoms with van der Waals surface area (Å²) in [6, 6.07) is 8.30. The van der Waals surface area contributed by atoms with E-state index in [9.17, 15) is 0 Å². The highest BCUT2D eigenvalue weighted by molar-refractivity contribution is 7.80. The van der Waals surface area contributed by atoms with Crippen molar-refractivity contribution < 1.29 is 0 Å². The molecule has 0 radical (unpaired) electrons. The second-order valence-corrected chi connectivity index (χ2v) is 5.89. The van der Waals surface area contributed by atoms with E-state index in [4.69, 9.17) is 23.8 Å². The Morgan fingerprint density at radius 3 is 2.59 bits per heavy atom. The van der Waals surface area contributed by atoms with Gasteiger partial charge >= 0.3 is 0 Å². The standard InChI is InChI=1S/C16H21ClN4S/c1-4-12-6-8-13(9-7-12)19-16(22)20(3)11-15-14(17)10-18-21(15)5-2/h6-10H,4-5,11H2,1-3H3,(H,19,22). The van der Waals surface area contributed by atoms with Crippen LogP contribution in [-0.4, -0.2) is 26.8 Å². The van der Waals surface area contributed by atoms with Gasteiger partial charge in [0.25, 0.3) is 0 Å². The molecule has 0 aliphatic carbocycles. The summed E-state index contributed by atoms with van der Waals surface area (Å²) in [7, 11) is 1.94. The maximum absolute atomic E-state index is 6.19. The second kappa shape index (κ2) is 7.61. The molecule has 0 atom stereocenters. The predicted molar refractivity (Wildman–Crippen MR) is 96.4 cm³/mol. The number of nitrogens with zero attached hydrogens (tertiary/aromatic N) is 3. The van der Waals surface area contributed by atoms with Crippen molar-refractivity contribution in [2.75, 3.05) is 12.4 Å². The molecule has 4 nitrogen and oxygen atoms in total. The molecule has 0 amide bonds. The topological polar surface area (TPSA) is 33.1 Å². The number of hydrogen-bond acceptors (Lipinski definition) is 2. The molecule has 0 saturated heterocycles. The number of aryl methyl sites for hydroxylation is 2. The van der Waals surface area contributed by atoms with Crippen LogP contribution in [0.1, 0.15) is 25.1 Å². The van der Waals surface area contributed by atoms with Crippen molar-refractivity contribution in [2.24, 2.45) is 0 Å². The highest BCUT2D eigenvalue weighted by Gasteiger charge is 2.13. The molecule has 1 N–H and O–H groups in total. The number of rotatable bonds is 5. The molecule has 6 heteroatoms. The molecule has 22 heavy (non-hydrogen) atoms. The molecule has 2 aromatic rings. The van der Waals surface area contributed by atoms with Crippen LogP contribution in [0.5, 0.6) is 0 Å². The van der Waals surface area contributed by atoms with Gasteiger partial charge in [0.2, 0.25) is 0 Å². The molecule has 1 aromatic carbocycles. The summed E-state index contributed by atoms with van der Waals surface area (Å²) >= 11 is 11.7. The third-order valence-electron chi connectivity index (χ3n) is 3.54. The summed E-state index contributed by atoms with van der Waals surface area (Å²) < 4.78 is 1.89. The van der Waals surface area contributed by atoms with Crippen LogP contribution < -0.4 is 5.32 Å². The Balaban J connectivity index is 2.00. The number of halogens is 1. The first-order valence-corrected chi connectivity index (χ1v) is 8.15. The Morgan fingerprint density at radius 1 is 1.32 bits per heavy atom. The first-order chi connectivity index (χ1) is 10.5. The predicted octanol–water partition coefficient (Wildman–Crippen LogP) is 3.95. The summed E-state index contributed by atoms with van der Waals surface area (Å²) in [5.41, 5.74) is 3.27. The summed E-state index contributed by atoms with van der Waals surface area (Å²) in [6.45, 7) is 5.58. The lowest BCUT2D eigenvalue weighted by Crippen LogP contribution is -2.31. The monoisotopic (exact) mass is 336 g/mol. The number of hydrogen-bond donors (Lipinski definition) is 1.